The Labute approximate surface area is 126 Å². The molecule has 2 rings (SSSR count). The van der Waals surface area contributed by atoms with Gasteiger partial charge in [-0.2, -0.15) is 0 Å². The topological polar surface area (TPSA) is 49.8 Å². The van der Waals surface area contributed by atoms with Crippen LogP contribution in [0, 0.1) is 11.8 Å². The highest BCUT2D eigenvalue weighted by Gasteiger charge is 2.21. The Bertz CT molecular complexity index is 491. The van der Waals surface area contributed by atoms with Gasteiger partial charge < -0.3 is 9.84 Å². The van der Waals surface area contributed by atoms with E-state index in [1.165, 1.54) is 20.0 Å². The van der Waals surface area contributed by atoms with Crippen molar-refractivity contribution in [1.29, 1.82) is 0 Å². The van der Waals surface area contributed by atoms with Crippen LogP contribution in [0.4, 0.5) is 0 Å². The van der Waals surface area contributed by atoms with E-state index in [0.717, 1.165) is 37.0 Å². The summed E-state index contributed by atoms with van der Waals surface area (Å²) in [5, 5.41) is 9.10. The average Bonchev–Trinajstić information content (AvgIpc) is 2.47. The summed E-state index contributed by atoms with van der Waals surface area (Å²) in [7, 11) is 1.51. The molecular formula is C17H25NO3. The Morgan fingerprint density at radius 1 is 1.38 bits per heavy atom. The summed E-state index contributed by atoms with van der Waals surface area (Å²) in [6.07, 6.45) is 2.50. The van der Waals surface area contributed by atoms with E-state index in [-0.39, 0.29) is 5.56 Å². The van der Waals surface area contributed by atoms with Crippen LogP contribution in [-0.2, 0) is 6.54 Å². The number of nitrogens with zero attached hydrogens (tertiary/aromatic N) is 1. The van der Waals surface area contributed by atoms with Crippen LogP contribution in [0.2, 0.25) is 0 Å². The molecule has 0 aromatic heterocycles. The molecule has 0 spiro atoms. The van der Waals surface area contributed by atoms with Gasteiger partial charge in [0, 0.05) is 6.54 Å². The van der Waals surface area contributed by atoms with Gasteiger partial charge in [-0.25, -0.2) is 4.79 Å². The average molecular weight is 291 g/mol. The van der Waals surface area contributed by atoms with Crippen molar-refractivity contribution in [3.05, 3.63) is 29.3 Å². The number of hydrogen-bond acceptors (Lipinski definition) is 3. The molecular weight excluding hydrogens is 266 g/mol. The Morgan fingerprint density at radius 2 is 2.05 bits per heavy atom. The molecule has 1 aliphatic rings. The fraction of sp³-hybridized carbons (Fsp3) is 0.588. The number of carboxylic acid groups (broad SMARTS) is 1. The van der Waals surface area contributed by atoms with Gasteiger partial charge in [-0.05, 0) is 55.5 Å². The molecule has 0 aliphatic carbocycles. The van der Waals surface area contributed by atoms with E-state index < -0.39 is 5.97 Å². The van der Waals surface area contributed by atoms with E-state index in [1.807, 2.05) is 12.1 Å². The molecule has 1 saturated heterocycles. The minimum Gasteiger partial charge on any atom is -0.496 e. The molecule has 4 nitrogen and oxygen atoms in total. The maximum atomic E-state index is 11.1. The Kier molecular flexibility index (Phi) is 5.23. The molecule has 1 aliphatic heterocycles. The Hall–Kier alpha value is -1.55. The maximum Gasteiger partial charge on any atom is 0.339 e. The predicted octanol–water partition coefficient (Wildman–Crippen LogP) is 3.26. The first kappa shape index (κ1) is 15.8. The number of methoxy groups -OCH3 is 1. The van der Waals surface area contributed by atoms with E-state index in [0.29, 0.717) is 5.75 Å². The second kappa shape index (κ2) is 6.94. The van der Waals surface area contributed by atoms with Crippen molar-refractivity contribution in [2.45, 2.75) is 33.2 Å². The molecule has 1 aromatic rings. The van der Waals surface area contributed by atoms with Gasteiger partial charge in [-0.1, -0.05) is 19.9 Å². The van der Waals surface area contributed by atoms with Gasteiger partial charge in [0.2, 0.25) is 0 Å². The lowest BCUT2D eigenvalue weighted by molar-refractivity contribution is 0.0693. The van der Waals surface area contributed by atoms with E-state index in [9.17, 15) is 4.79 Å². The zero-order valence-corrected chi connectivity index (χ0v) is 13.1. The monoisotopic (exact) mass is 291 g/mol. The normalized spacial score (nSPS) is 17.1. The molecule has 1 fully saturated rings. The predicted molar refractivity (Wildman–Crippen MR) is 82.8 cm³/mol. The van der Waals surface area contributed by atoms with Gasteiger partial charge in [-0.15, -0.1) is 0 Å². The third kappa shape index (κ3) is 3.97. The van der Waals surface area contributed by atoms with Crippen molar-refractivity contribution in [3.8, 4) is 5.75 Å². The third-order valence-corrected chi connectivity index (χ3v) is 4.48. The van der Waals surface area contributed by atoms with Crippen molar-refractivity contribution in [2.24, 2.45) is 11.8 Å². The van der Waals surface area contributed by atoms with Gasteiger partial charge in [0.05, 0.1) is 7.11 Å². The van der Waals surface area contributed by atoms with Gasteiger partial charge in [0.1, 0.15) is 11.3 Å². The van der Waals surface area contributed by atoms with Crippen molar-refractivity contribution in [2.75, 3.05) is 20.2 Å². The number of likely N-dealkylation sites (tertiary alicyclic amines) is 1. The summed E-state index contributed by atoms with van der Waals surface area (Å²) in [6.45, 7) is 7.70. The summed E-state index contributed by atoms with van der Waals surface area (Å²) >= 11 is 0. The quantitative estimate of drug-likeness (QED) is 0.904. The number of rotatable bonds is 5. The summed E-state index contributed by atoms with van der Waals surface area (Å²) in [5.41, 5.74) is 1.33. The summed E-state index contributed by atoms with van der Waals surface area (Å²) in [5.74, 6) is 1.10. The number of ether oxygens (including phenoxy) is 1. The van der Waals surface area contributed by atoms with E-state index in [4.69, 9.17) is 9.84 Å². The minimum atomic E-state index is -0.948. The van der Waals surface area contributed by atoms with Crippen LogP contribution >= 0.6 is 0 Å². The molecule has 0 radical (unpaired) electrons. The lowest BCUT2D eigenvalue weighted by Crippen LogP contribution is -2.34. The molecule has 1 aromatic carbocycles. The smallest absolute Gasteiger partial charge is 0.339 e. The Morgan fingerprint density at radius 3 is 2.57 bits per heavy atom. The molecule has 0 atom stereocenters. The highest BCUT2D eigenvalue weighted by molar-refractivity contribution is 5.90. The number of carbonyl (C=O) groups is 1. The Balaban J connectivity index is 1.99. The molecule has 116 valence electrons. The number of hydrogen-bond donors (Lipinski definition) is 1. The molecule has 1 N–H and O–H groups in total. The lowest BCUT2D eigenvalue weighted by atomic mass is 9.86. The fourth-order valence-corrected chi connectivity index (χ4v) is 3.05. The van der Waals surface area contributed by atoms with Gasteiger partial charge in [-0.3, -0.25) is 4.90 Å². The first-order valence-corrected chi connectivity index (χ1v) is 7.63. The third-order valence-electron chi connectivity index (χ3n) is 4.48. The van der Waals surface area contributed by atoms with Crippen molar-refractivity contribution >= 4 is 5.97 Å². The van der Waals surface area contributed by atoms with E-state index >= 15 is 0 Å². The molecule has 0 saturated carbocycles. The van der Waals surface area contributed by atoms with Crippen LogP contribution in [0.3, 0.4) is 0 Å². The van der Waals surface area contributed by atoms with Crippen LogP contribution in [0.15, 0.2) is 18.2 Å². The zero-order valence-electron chi connectivity index (χ0n) is 13.1. The molecule has 0 bridgehead atoms. The highest BCUT2D eigenvalue weighted by atomic mass is 16.5. The second-order valence-electron chi connectivity index (χ2n) is 6.20. The van der Waals surface area contributed by atoms with Crippen molar-refractivity contribution in [3.63, 3.8) is 0 Å². The molecule has 1 heterocycles. The number of piperidine rings is 1. The minimum absolute atomic E-state index is 0.222. The molecule has 0 unspecified atom stereocenters. The van der Waals surface area contributed by atoms with E-state index in [1.54, 1.807) is 6.07 Å². The van der Waals surface area contributed by atoms with Crippen LogP contribution in [-0.4, -0.2) is 36.2 Å². The van der Waals surface area contributed by atoms with Crippen molar-refractivity contribution in [1.82, 2.24) is 4.90 Å². The molecule has 0 amide bonds. The van der Waals surface area contributed by atoms with Gasteiger partial charge >= 0.3 is 5.97 Å². The number of aromatic carboxylic acids is 1. The molecule has 21 heavy (non-hydrogen) atoms. The van der Waals surface area contributed by atoms with Crippen LogP contribution in [0.25, 0.3) is 0 Å². The first-order chi connectivity index (χ1) is 10.0. The maximum absolute atomic E-state index is 11.1. The SMILES string of the molecule is COc1cc(CN2CCC(C(C)C)CC2)ccc1C(=O)O. The van der Waals surface area contributed by atoms with Crippen LogP contribution in [0.5, 0.6) is 5.75 Å². The standard InChI is InChI=1S/C17H25NO3/c1-12(2)14-6-8-18(9-7-14)11-13-4-5-15(17(19)20)16(10-13)21-3/h4-5,10,12,14H,6-9,11H2,1-3H3,(H,19,20). The largest absolute Gasteiger partial charge is 0.496 e. The number of benzene rings is 1. The summed E-state index contributed by atoms with van der Waals surface area (Å²) in [6, 6.07) is 5.37. The van der Waals surface area contributed by atoms with Crippen molar-refractivity contribution < 1.29 is 14.6 Å². The highest BCUT2D eigenvalue weighted by Crippen LogP contribution is 2.26. The van der Waals surface area contributed by atoms with Crippen LogP contribution < -0.4 is 4.74 Å². The van der Waals surface area contributed by atoms with Gasteiger partial charge in [0.25, 0.3) is 0 Å². The van der Waals surface area contributed by atoms with Crippen LogP contribution in [0.1, 0.15) is 42.6 Å². The first-order valence-electron chi connectivity index (χ1n) is 7.63. The zero-order chi connectivity index (χ0) is 15.4. The number of carboxylic acids is 1. The lowest BCUT2D eigenvalue weighted by Gasteiger charge is -2.33. The second-order valence-corrected chi connectivity index (χ2v) is 6.20. The van der Waals surface area contributed by atoms with E-state index in [2.05, 4.69) is 18.7 Å². The summed E-state index contributed by atoms with van der Waals surface area (Å²) in [4.78, 5) is 13.5. The molecule has 4 heteroatoms. The fourth-order valence-electron chi connectivity index (χ4n) is 3.05. The summed E-state index contributed by atoms with van der Waals surface area (Å²) < 4.78 is 5.19. The van der Waals surface area contributed by atoms with Gasteiger partial charge in [0.15, 0.2) is 0 Å².